The van der Waals surface area contributed by atoms with Gasteiger partial charge in [-0.05, 0) is 36.5 Å². The van der Waals surface area contributed by atoms with Gasteiger partial charge in [0, 0.05) is 4.47 Å². The van der Waals surface area contributed by atoms with Crippen LogP contribution in [0.25, 0.3) is 0 Å². The van der Waals surface area contributed by atoms with Gasteiger partial charge in [0.2, 0.25) is 5.91 Å². The molecule has 0 aliphatic rings. The van der Waals surface area contributed by atoms with Crippen molar-refractivity contribution in [2.45, 2.75) is 45.7 Å². The largest absolute Gasteiger partial charge is 0.348 e. The van der Waals surface area contributed by atoms with E-state index in [2.05, 4.69) is 42.0 Å². The lowest BCUT2D eigenvalue weighted by atomic mass is 10.0. The summed E-state index contributed by atoms with van der Waals surface area (Å²) in [4.78, 5) is 12.0. The van der Waals surface area contributed by atoms with Crippen LogP contribution in [0.2, 0.25) is 0 Å². The van der Waals surface area contributed by atoms with Gasteiger partial charge in [-0.2, -0.15) is 0 Å². The van der Waals surface area contributed by atoms with Crippen LogP contribution in [0.3, 0.4) is 0 Å². The number of hydrogen-bond acceptors (Lipinski definition) is 2. The van der Waals surface area contributed by atoms with Crippen molar-refractivity contribution >= 4 is 21.8 Å². The van der Waals surface area contributed by atoms with Gasteiger partial charge in [-0.3, -0.25) is 4.79 Å². The first kappa shape index (κ1) is 16.2. The molecule has 1 aromatic rings. The Balaban J connectivity index is 2.66. The Kier molecular flexibility index (Phi) is 6.52. The van der Waals surface area contributed by atoms with Crippen LogP contribution in [0.1, 0.15) is 45.2 Å². The minimum absolute atomic E-state index is 0.0267. The first-order chi connectivity index (χ1) is 8.93. The SMILES string of the molecule is CCC(NC(=O)C(N)CC(C)C)c1ccc(Br)cc1. The van der Waals surface area contributed by atoms with Gasteiger partial charge in [-0.25, -0.2) is 0 Å². The molecule has 106 valence electrons. The summed E-state index contributed by atoms with van der Waals surface area (Å²) in [6.45, 7) is 6.19. The van der Waals surface area contributed by atoms with Crippen molar-refractivity contribution in [2.24, 2.45) is 11.7 Å². The molecule has 0 radical (unpaired) electrons. The maximum Gasteiger partial charge on any atom is 0.237 e. The molecule has 19 heavy (non-hydrogen) atoms. The highest BCUT2D eigenvalue weighted by Gasteiger charge is 2.19. The van der Waals surface area contributed by atoms with E-state index in [1.807, 2.05) is 24.3 Å². The van der Waals surface area contributed by atoms with E-state index in [1.54, 1.807) is 0 Å². The number of amides is 1. The molecule has 2 unspecified atom stereocenters. The van der Waals surface area contributed by atoms with Crippen LogP contribution in [-0.4, -0.2) is 11.9 Å². The fourth-order valence-corrected chi connectivity index (χ4v) is 2.27. The Morgan fingerprint density at radius 2 is 1.89 bits per heavy atom. The van der Waals surface area contributed by atoms with Crippen LogP contribution in [-0.2, 0) is 4.79 Å². The van der Waals surface area contributed by atoms with Crippen LogP contribution in [0.5, 0.6) is 0 Å². The first-order valence-corrected chi connectivity index (χ1v) is 7.54. The molecular formula is C15H23BrN2O. The molecule has 4 heteroatoms. The zero-order chi connectivity index (χ0) is 14.4. The molecule has 0 spiro atoms. The summed E-state index contributed by atoms with van der Waals surface area (Å²) >= 11 is 3.41. The van der Waals surface area contributed by atoms with Crippen molar-refractivity contribution < 1.29 is 4.79 Å². The molecule has 3 nitrogen and oxygen atoms in total. The number of nitrogens with one attached hydrogen (secondary N) is 1. The number of halogens is 1. The van der Waals surface area contributed by atoms with E-state index in [1.165, 1.54) is 0 Å². The van der Waals surface area contributed by atoms with E-state index in [9.17, 15) is 4.79 Å². The molecule has 1 rings (SSSR count). The standard InChI is InChI=1S/C15H23BrN2O/c1-4-14(11-5-7-12(16)8-6-11)18-15(19)13(17)9-10(2)3/h5-8,10,13-14H,4,9,17H2,1-3H3,(H,18,19). The van der Waals surface area contributed by atoms with Gasteiger partial charge < -0.3 is 11.1 Å². The smallest absolute Gasteiger partial charge is 0.237 e. The number of benzene rings is 1. The topological polar surface area (TPSA) is 55.1 Å². The van der Waals surface area contributed by atoms with Crippen LogP contribution in [0, 0.1) is 5.92 Å². The second-order valence-electron chi connectivity index (χ2n) is 5.26. The van der Waals surface area contributed by atoms with Crippen molar-refractivity contribution in [3.05, 3.63) is 34.3 Å². The predicted molar refractivity (Wildman–Crippen MR) is 82.7 cm³/mol. The molecule has 3 N–H and O–H groups in total. The monoisotopic (exact) mass is 326 g/mol. The minimum atomic E-state index is -0.426. The van der Waals surface area contributed by atoms with Crippen molar-refractivity contribution in [1.29, 1.82) is 0 Å². The van der Waals surface area contributed by atoms with Gasteiger partial charge in [-0.15, -0.1) is 0 Å². The summed E-state index contributed by atoms with van der Waals surface area (Å²) in [6, 6.07) is 7.61. The van der Waals surface area contributed by atoms with E-state index >= 15 is 0 Å². The normalized spacial score (nSPS) is 14.2. The Bertz CT molecular complexity index is 403. The van der Waals surface area contributed by atoms with Crippen molar-refractivity contribution in [3.63, 3.8) is 0 Å². The lowest BCUT2D eigenvalue weighted by Crippen LogP contribution is -2.42. The summed E-state index contributed by atoms with van der Waals surface area (Å²) in [5.74, 6) is 0.358. The molecule has 2 atom stereocenters. The maximum atomic E-state index is 12.0. The van der Waals surface area contributed by atoms with E-state index in [4.69, 9.17) is 5.73 Å². The number of nitrogens with two attached hydrogens (primary N) is 1. The third-order valence-electron chi connectivity index (χ3n) is 3.06. The molecule has 0 aliphatic carbocycles. The van der Waals surface area contributed by atoms with Gasteiger partial charge in [0.05, 0.1) is 12.1 Å². The summed E-state index contributed by atoms with van der Waals surface area (Å²) in [5, 5.41) is 3.03. The van der Waals surface area contributed by atoms with Gasteiger partial charge in [0.15, 0.2) is 0 Å². The van der Waals surface area contributed by atoms with Crippen molar-refractivity contribution in [1.82, 2.24) is 5.32 Å². The quantitative estimate of drug-likeness (QED) is 0.841. The zero-order valence-electron chi connectivity index (χ0n) is 11.8. The Hall–Kier alpha value is -0.870. The Morgan fingerprint density at radius 3 is 2.37 bits per heavy atom. The molecule has 0 fully saturated rings. The number of carbonyl (C=O) groups is 1. The average Bonchev–Trinajstić information content (AvgIpc) is 2.36. The van der Waals surface area contributed by atoms with E-state index in [-0.39, 0.29) is 11.9 Å². The minimum Gasteiger partial charge on any atom is -0.348 e. The third kappa shape index (κ3) is 5.33. The molecule has 0 heterocycles. The van der Waals surface area contributed by atoms with Crippen LogP contribution in [0.4, 0.5) is 0 Å². The predicted octanol–water partition coefficient (Wildman–Crippen LogP) is 3.39. The number of rotatable bonds is 6. The Labute approximate surface area is 124 Å². The van der Waals surface area contributed by atoms with Crippen molar-refractivity contribution in [3.8, 4) is 0 Å². The maximum absolute atomic E-state index is 12.0. The van der Waals surface area contributed by atoms with Gasteiger partial charge >= 0.3 is 0 Å². The molecule has 0 bridgehead atoms. The molecule has 0 saturated heterocycles. The third-order valence-corrected chi connectivity index (χ3v) is 3.59. The second kappa shape index (κ2) is 7.65. The van der Waals surface area contributed by atoms with Crippen LogP contribution < -0.4 is 11.1 Å². The average molecular weight is 327 g/mol. The summed E-state index contributed by atoms with van der Waals surface area (Å²) in [5.41, 5.74) is 7.01. The van der Waals surface area contributed by atoms with Gasteiger partial charge in [0.25, 0.3) is 0 Å². The summed E-state index contributed by atoms with van der Waals surface area (Å²) < 4.78 is 1.04. The highest BCUT2D eigenvalue weighted by atomic mass is 79.9. The van der Waals surface area contributed by atoms with Gasteiger partial charge in [-0.1, -0.05) is 48.8 Å². The summed E-state index contributed by atoms with van der Waals surface area (Å²) in [7, 11) is 0. The lowest BCUT2D eigenvalue weighted by molar-refractivity contribution is -0.123. The molecule has 0 aromatic heterocycles. The molecule has 1 amide bonds. The highest BCUT2D eigenvalue weighted by molar-refractivity contribution is 9.10. The van der Waals surface area contributed by atoms with Crippen molar-refractivity contribution in [2.75, 3.05) is 0 Å². The first-order valence-electron chi connectivity index (χ1n) is 6.75. The Morgan fingerprint density at radius 1 is 1.32 bits per heavy atom. The fraction of sp³-hybridized carbons (Fsp3) is 0.533. The molecule has 0 aliphatic heterocycles. The van der Waals surface area contributed by atoms with E-state index in [0.717, 1.165) is 16.5 Å². The second-order valence-corrected chi connectivity index (χ2v) is 6.17. The lowest BCUT2D eigenvalue weighted by Gasteiger charge is -2.21. The molecule has 1 aromatic carbocycles. The number of carbonyl (C=O) groups excluding carboxylic acids is 1. The molecular weight excluding hydrogens is 304 g/mol. The fourth-order valence-electron chi connectivity index (χ4n) is 2.01. The van der Waals surface area contributed by atoms with Gasteiger partial charge in [0.1, 0.15) is 0 Å². The summed E-state index contributed by atoms with van der Waals surface area (Å²) in [6.07, 6.45) is 1.56. The van der Waals surface area contributed by atoms with Crippen LogP contribution in [0.15, 0.2) is 28.7 Å². The van der Waals surface area contributed by atoms with Crippen LogP contribution >= 0.6 is 15.9 Å². The zero-order valence-corrected chi connectivity index (χ0v) is 13.4. The highest BCUT2D eigenvalue weighted by Crippen LogP contribution is 2.19. The van der Waals surface area contributed by atoms with E-state index < -0.39 is 6.04 Å². The molecule has 0 saturated carbocycles. The van der Waals surface area contributed by atoms with E-state index in [0.29, 0.717) is 12.3 Å². The number of hydrogen-bond donors (Lipinski definition) is 2.